The van der Waals surface area contributed by atoms with Crippen LogP contribution in [0.2, 0.25) is 5.02 Å². The largest absolute Gasteiger partial charge is 0.508 e. The first-order chi connectivity index (χ1) is 16.0. The van der Waals surface area contributed by atoms with E-state index in [1.165, 1.54) is 6.08 Å². The minimum absolute atomic E-state index is 0.00733. The highest BCUT2D eigenvalue weighted by atomic mass is 35.5. The molecule has 0 atom stereocenters. The molecule has 6 nitrogen and oxygen atoms in total. The number of rotatable bonds is 3. The zero-order chi connectivity index (χ0) is 24.4. The number of aromatic hydroxyl groups is 1. The molecule has 0 unspecified atom stereocenters. The van der Waals surface area contributed by atoms with E-state index in [0.717, 1.165) is 78.3 Å². The average molecular weight is 482 g/mol. The minimum atomic E-state index is -0.291. The molecule has 0 radical (unpaired) electrons. The average Bonchev–Trinajstić information content (AvgIpc) is 3.20. The van der Waals surface area contributed by atoms with Crippen molar-refractivity contribution in [2.45, 2.75) is 52.7 Å². The number of phenolic OH excluding ortho intramolecular Hbond substituents is 1. The molecule has 4 heterocycles. The van der Waals surface area contributed by atoms with Crippen molar-refractivity contribution in [1.29, 1.82) is 0 Å². The van der Waals surface area contributed by atoms with Gasteiger partial charge in [0, 0.05) is 48.6 Å². The number of hydrogen-bond acceptors (Lipinski definition) is 5. The number of amides is 1. The summed E-state index contributed by atoms with van der Waals surface area (Å²) in [5.74, 6) is 1.14. The summed E-state index contributed by atoms with van der Waals surface area (Å²) in [5.41, 5.74) is 5.94. The number of likely N-dealkylation sites (tertiary alicyclic amines) is 1. The van der Waals surface area contributed by atoms with E-state index in [4.69, 9.17) is 21.3 Å². The van der Waals surface area contributed by atoms with Gasteiger partial charge >= 0.3 is 0 Å². The van der Waals surface area contributed by atoms with Crippen molar-refractivity contribution in [3.8, 4) is 16.9 Å². The van der Waals surface area contributed by atoms with Gasteiger partial charge in [0.15, 0.2) is 0 Å². The van der Waals surface area contributed by atoms with Crippen LogP contribution < -0.4 is 4.90 Å². The molecule has 180 valence electrons. The molecule has 0 bridgehead atoms. The van der Waals surface area contributed by atoms with Gasteiger partial charge in [-0.2, -0.15) is 0 Å². The second kappa shape index (κ2) is 7.99. The molecule has 34 heavy (non-hydrogen) atoms. The molecule has 2 aromatic rings. The summed E-state index contributed by atoms with van der Waals surface area (Å²) in [6, 6.07) is 3.38. The molecule has 1 aromatic heterocycles. The number of nitrogens with zero attached hydrogens (tertiary/aromatic N) is 3. The fraction of sp³-hybridized carbons (Fsp3) is 0.481. The van der Waals surface area contributed by atoms with Crippen LogP contribution in [0, 0.1) is 19.3 Å². The Balaban J connectivity index is 1.58. The first-order valence-electron chi connectivity index (χ1n) is 11.8. The predicted molar refractivity (Wildman–Crippen MR) is 134 cm³/mol. The maximum Gasteiger partial charge on any atom is 0.245 e. The number of fused-ring (bicyclic) bond motifs is 1. The van der Waals surface area contributed by atoms with Crippen molar-refractivity contribution in [3.63, 3.8) is 0 Å². The molecule has 7 heteroatoms. The summed E-state index contributed by atoms with van der Waals surface area (Å²) >= 11 is 6.48. The number of benzene rings is 1. The van der Waals surface area contributed by atoms with E-state index in [-0.39, 0.29) is 22.7 Å². The summed E-state index contributed by atoms with van der Waals surface area (Å²) in [6.45, 7) is 15.7. The standard InChI is InChI=1S/C27H32ClN3O3/c1-6-23(33)31-14-27(15-31)7-8-30(13-27)25-17(3)24(19-9-18(32)10-21(28)16(19)2)20-12-34-26(4,5)11-22(20)29-25/h6,9-10,32H,1,7-8,11-15H2,2-5H3. The Kier molecular flexibility index (Phi) is 5.45. The summed E-state index contributed by atoms with van der Waals surface area (Å²) < 4.78 is 6.18. The number of carbonyl (C=O) groups excluding carboxylic acids is 1. The third-order valence-corrected chi connectivity index (χ3v) is 8.07. The topological polar surface area (TPSA) is 65.9 Å². The number of halogens is 1. The number of anilines is 1. The van der Waals surface area contributed by atoms with Crippen molar-refractivity contribution >= 4 is 23.3 Å². The highest BCUT2D eigenvalue weighted by Crippen LogP contribution is 2.46. The van der Waals surface area contributed by atoms with Crippen LogP contribution >= 0.6 is 11.6 Å². The van der Waals surface area contributed by atoms with Crippen LogP contribution in [0.25, 0.3) is 11.1 Å². The lowest BCUT2D eigenvalue weighted by Gasteiger charge is -2.47. The number of ether oxygens (including phenoxy) is 1. The second-order valence-corrected chi connectivity index (χ2v) is 11.2. The fourth-order valence-electron chi connectivity index (χ4n) is 5.80. The lowest BCUT2D eigenvalue weighted by Crippen LogP contribution is -2.59. The zero-order valence-electron chi connectivity index (χ0n) is 20.4. The van der Waals surface area contributed by atoms with Crippen LogP contribution in [0.1, 0.15) is 42.7 Å². The fourth-order valence-corrected chi connectivity index (χ4v) is 6.02. The lowest BCUT2D eigenvalue weighted by atomic mass is 9.79. The van der Waals surface area contributed by atoms with E-state index in [1.54, 1.807) is 12.1 Å². The van der Waals surface area contributed by atoms with Crippen molar-refractivity contribution in [2.75, 3.05) is 31.1 Å². The van der Waals surface area contributed by atoms with E-state index in [1.807, 2.05) is 11.8 Å². The zero-order valence-corrected chi connectivity index (χ0v) is 21.1. The van der Waals surface area contributed by atoms with Gasteiger partial charge in [0.25, 0.3) is 0 Å². The molecule has 5 rings (SSSR count). The highest BCUT2D eigenvalue weighted by molar-refractivity contribution is 6.32. The van der Waals surface area contributed by atoms with E-state index >= 15 is 0 Å². The van der Waals surface area contributed by atoms with E-state index < -0.39 is 0 Å². The molecule has 3 aliphatic heterocycles. The molecule has 0 aliphatic carbocycles. The van der Waals surface area contributed by atoms with Gasteiger partial charge in [0.1, 0.15) is 11.6 Å². The van der Waals surface area contributed by atoms with E-state index in [0.29, 0.717) is 11.6 Å². The SMILES string of the molecule is C=CC(=O)N1CC2(CCN(c3nc4c(c(-c5cc(O)cc(Cl)c5C)c3C)COC(C)(C)C4)C2)C1. The smallest absolute Gasteiger partial charge is 0.245 e. The Morgan fingerprint density at radius 2 is 1.97 bits per heavy atom. The number of carbonyl (C=O) groups is 1. The van der Waals surface area contributed by atoms with Crippen molar-refractivity contribution in [2.24, 2.45) is 5.41 Å². The Bertz CT molecular complexity index is 1200. The molecule has 3 aliphatic rings. The number of pyridine rings is 1. The lowest BCUT2D eigenvalue weighted by molar-refractivity contribution is -0.136. The van der Waals surface area contributed by atoms with Crippen LogP contribution in [0.3, 0.4) is 0 Å². The van der Waals surface area contributed by atoms with Gasteiger partial charge in [-0.1, -0.05) is 18.2 Å². The highest BCUT2D eigenvalue weighted by Gasteiger charge is 2.49. The Morgan fingerprint density at radius 1 is 1.24 bits per heavy atom. The molecule has 2 fully saturated rings. The summed E-state index contributed by atoms with van der Waals surface area (Å²) in [7, 11) is 0. The monoisotopic (exact) mass is 481 g/mol. The molecule has 2 saturated heterocycles. The van der Waals surface area contributed by atoms with Crippen LogP contribution in [0.5, 0.6) is 5.75 Å². The van der Waals surface area contributed by atoms with Crippen molar-refractivity contribution in [1.82, 2.24) is 9.88 Å². The van der Waals surface area contributed by atoms with E-state index in [2.05, 4.69) is 32.3 Å². The molecule has 1 amide bonds. The third kappa shape index (κ3) is 3.77. The van der Waals surface area contributed by atoms with Gasteiger partial charge in [-0.05, 0) is 74.6 Å². The maximum absolute atomic E-state index is 12.0. The van der Waals surface area contributed by atoms with Gasteiger partial charge < -0.3 is 19.6 Å². The van der Waals surface area contributed by atoms with Crippen LogP contribution in [-0.2, 0) is 22.6 Å². The number of aromatic nitrogens is 1. The molecular formula is C27H32ClN3O3. The van der Waals surface area contributed by atoms with Gasteiger partial charge in [-0.15, -0.1) is 0 Å². The quantitative estimate of drug-likeness (QED) is 0.638. The predicted octanol–water partition coefficient (Wildman–Crippen LogP) is 4.80. The Hall–Kier alpha value is -2.57. The van der Waals surface area contributed by atoms with Gasteiger partial charge in [0.05, 0.1) is 17.9 Å². The minimum Gasteiger partial charge on any atom is -0.508 e. The van der Waals surface area contributed by atoms with Crippen molar-refractivity contribution in [3.05, 3.63) is 52.2 Å². The summed E-state index contributed by atoms with van der Waals surface area (Å²) in [6.07, 6.45) is 3.15. The van der Waals surface area contributed by atoms with Crippen LogP contribution in [0.15, 0.2) is 24.8 Å². The van der Waals surface area contributed by atoms with Crippen molar-refractivity contribution < 1.29 is 14.6 Å². The molecular weight excluding hydrogens is 450 g/mol. The normalized spacial score (nSPS) is 20.3. The Morgan fingerprint density at radius 3 is 2.68 bits per heavy atom. The Labute approximate surface area is 206 Å². The number of hydrogen-bond donors (Lipinski definition) is 1. The summed E-state index contributed by atoms with van der Waals surface area (Å²) in [4.78, 5) is 21.4. The van der Waals surface area contributed by atoms with Gasteiger partial charge in [-0.25, -0.2) is 4.98 Å². The molecule has 1 aromatic carbocycles. The maximum atomic E-state index is 12.0. The molecule has 0 saturated carbocycles. The molecule has 1 N–H and O–H groups in total. The third-order valence-electron chi connectivity index (χ3n) is 7.68. The second-order valence-electron chi connectivity index (χ2n) is 10.8. The van der Waals surface area contributed by atoms with Gasteiger partial charge in [0.2, 0.25) is 5.91 Å². The van der Waals surface area contributed by atoms with Crippen LogP contribution in [-0.4, -0.2) is 52.7 Å². The van der Waals surface area contributed by atoms with Gasteiger partial charge in [-0.3, -0.25) is 4.79 Å². The first kappa shape index (κ1) is 23.2. The van der Waals surface area contributed by atoms with E-state index in [9.17, 15) is 9.90 Å². The first-order valence-corrected chi connectivity index (χ1v) is 12.2. The summed E-state index contributed by atoms with van der Waals surface area (Å²) in [5, 5.41) is 10.9. The van der Waals surface area contributed by atoms with Crippen LogP contribution in [0.4, 0.5) is 5.82 Å². The number of phenols is 1. The molecule has 1 spiro atoms.